The summed E-state index contributed by atoms with van der Waals surface area (Å²) in [6, 6.07) is -0.891. The lowest BCUT2D eigenvalue weighted by atomic mass is 9.91. The highest BCUT2D eigenvalue weighted by atomic mass is 32.2. The van der Waals surface area contributed by atoms with Crippen molar-refractivity contribution < 1.29 is 24.6 Å². The molecular weight excluding hydrogens is 316 g/mol. The minimum Gasteiger partial charge on any atom is -0.480 e. The number of nitrogens with one attached hydrogen (secondary N) is 1. The molecule has 1 unspecified atom stereocenters. The summed E-state index contributed by atoms with van der Waals surface area (Å²) in [5.74, 6) is -1.47. The number of carbonyl (C=O) groups is 3. The summed E-state index contributed by atoms with van der Waals surface area (Å²) in [6.07, 6.45) is -0.474. The molecule has 2 rings (SSSR count). The third kappa shape index (κ3) is 3.00. The number of thioether (sulfide) groups is 2. The quantitative estimate of drug-likeness (QED) is 0.565. The minimum absolute atomic E-state index is 0.0985. The second-order valence-corrected chi connectivity index (χ2v) is 7.79. The Balaban J connectivity index is 2.00. The molecule has 0 radical (unpaired) electrons. The second-order valence-electron chi connectivity index (χ2n) is 4.98. The molecule has 21 heavy (non-hydrogen) atoms. The Morgan fingerprint density at radius 2 is 2.19 bits per heavy atom. The van der Waals surface area contributed by atoms with E-state index in [0.717, 1.165) is 0 Å². The van der Waals surface area contributed by atoms with Crippen molar-refractivity contribution in [2.24, 2.45) is 5.92 Å². The molecular formula is C12H18N2O5S2. The zero-order valence-electron chi connectivity index (χ0n) is 11.7. The zero-order chi connectivity index (χ0) is 15.7. The highest BCUT2D eigenvalue weighted by Crippen LogP contribution is 2.52. The van der Waals surface area contributed by atoms with Crippen LogP contribution in [0.15, 0.2) is 0 Å². The number of rotatable bonds is 6. The van der Waals surface area contributed by atoms with E-state index in [1.165, 1.54) is 28.4 Å². The van der Waals surface area contributed by atoms with Gasteiger partial charge in [0.05, 0.1) is 22.0 Å². The first-order valence-electron chi connectivity index (χ1n) is 6.59. The number of amides is 2. The molecule has 2 fully saturated rings. The van der Waals surface area contributed by atoms with Crippen molar-refractivity contribution >= 4 is 41.3 Å². The van der Waals surface area contributed by atoms with Crippen LogP contribution in [0.2, 0.25) is 0 Å². The summed E-state index contributed by atoms with van der Waals surface area (Å²) in [6.45, 7) is 1.54. The Labute approximate surface area is 130 Å². The van der Waals surface area contributed by atoms with Crippen LogP contribution in [-0.2, 0) is 14.4 Å². The Morgan fingerprint density at radius 1 is 1.52 bits per heavy atom. The Morgan fingerprint density at radius 3 is 2.71 bits per heavy atom. The summed E-state index contributed by atoms with van der Waals surface area (Å²) in [7, 11) is 1.55. The van der Waals surface area contributed by atoms with Crippen molar-refractivity contribution in [3.8, 4) is 0 Å². The monoisotopic (exact) mass is 334 g/mol. The van der Waals surface area contributed by atoms with Gasteiger partial charge in [0.25, 0.3) is 0 Å². The molecule has 3 N–H and O–H groups in total. The van der Waals surface area contributed by atoms with Crippen molar-refractivity contribution in [3.05, 3.63) is 0 Å². The number of aliphatic hydroxyl groups excluding tert-OH is 1. The molecule has 118 valence electrons. The van der Waals surface area contributed by atoms with Crippen LogP contribution in [0.25, 0.3) is 0 Å². The number of nitrogens with zero attached hydrogens (tertiary/aromatic N) is 1. The fourth-order valence-electron chi connectivity index (χ4n) is 2.50. The van der Waals surface area contributed by atoms with Crippen LogP contribution in [0.5, 0.6) is 0 Å². The number of β-lactam (4-membered cyclic amide) rings is 1. The van der Waals surface area contributed by atoms with Crippen LogP contribution in [0, 0.1) is 5.92 Å². The molecule has 9 heteroatoms. The first-order valence-corrected chi connectivity index (χ1v) is 8.58. The van der Waals surface area contributed by atoms with Gasteiger partial charge in [-0.2, -0.15) is 0 Å². The van der Waals surface area contributed by atoms with Crippen LogP contribution in [-0.4, -0.2) is 67.8 Å². The van der Waals surface area contributed by atoms with E-state index in [1.54, 1.807) is 14.0 Å². The van der Waals surface area contributed by atoms with Crippen molar-refractivity contribution in [1.82, 2.24) is 10.2 Å². The van der Waals surface area contributed by atoms with Gasteiger partial charge in [-0.15, -0.1) is 23.5 Å². The smallest absolute Gasteiger partial charge is 0.328 e. The molecule has 2 amide bonds. The number of fused-ring (bicyclic) bond motifs is 1. The molecule has 0 aromatic heterocycles. The molecule has 2 aliphatic heterocycles. The van der Waals surface area contributed by atoms with Gasteiger partial charge >= 0.3 is 5.97 Å². The average molecular weight is 334 g/mol. The van der Waals surface area contributed by atoms with E-state index in [0.29, 0.717) is 12.2 Å². The largest absolute Gasteiger partial charge is 0.480 e. The fourth-order valence-corrected chi connectivity index (χ4v) is 5.96. The maximum Gasteiger partial charge on any atom is 0.328 e. The highest BCUT2D eigenvalue weighted by molar-refractivity contribution is 8.17. The molecule has 0 aliphatic carbocycles. The second kappa shape index (κ2) is 6.45. The van der Waals surface area contributed by atoms with Gasteiger partial charge in [0, 0.05) is 19.2 Å². The van der Waals surface area contributed by atoms with E-state index >= 15 is 0 Å². The Bertz CT molecular complexity index is 459. The molecule has 0 aromatic rings. The van der Waals surface area contributed by atoms with Crippen LogP contribution >= 0.6 is 23.5 Å². The van der Waals surface area contributed by atoms with Crippen LogP contribution in [0.1, 0.15) is 13.3 Å². The first-order chi connectivity index (χ1) is 9.88. The van der Waals surface area contributed by atoms with Gasteiger partial charge in [0.1, 0.15) is 0 Å². The predicted molar refractivity (Wildman–Crippen MR) is 79.7 cm³/mol. The molecule has 2 saturated heterocycles. The number of aliphatic hydroxyl groups is 1. The standard InChI is InChI=1S/C12H18N2O5S2/c1-5(15)7-9(17)14-8(11(18)19)12(21-10(7)14)20-4-3-6(16)13-2/h5,7-8,10,12,15H,3-4H2,1-2H3,(H,13,16)(H,18,19)/t5?,7-,8-,10-,12-/m1/s1. The predicted octanol–water partition coefficient (Wildman–Crippen LogP) is -0.453. The lowest BCUT2D eigenvalue weighted by molar-refractivity contribution is -0.166. The first kappa shape index (κ1) is 16.4. The Hall–Kier alpha value is -0.930. The number of aliphatic carboxylic acids is 1. The molecule has 2 heterocycles. The van der Waals surface area contributed by atoms with Crippen molar-refractivity contribution in [1.29, 1.82) is 0 Å². The summed E-state index contributed by atoms with van der Waals surface area (Å²) < 4.78 is -0.315. The van der Waals surface area contributed by atoms with E-state index in [2.05, 4.69) is 5.32 Å². The van der Waals surface area contributed by atoms with Gasteiger partial charge in [-0.25, -0.2) is 4.79 Å². The number of hydrogen-bond donors (Lipinski definition) is 3. The van der Waals surface area contributed by atoms with Crippen LogP contribution in [0.3, 0.4) is 0 Å². The lowest BCUT2D eigenvalue weighted by Gasteiger charge is -2.44. The van der Waals surface area contributed by atoms with Gasteiger partial charge in [-0.05, 0) is 6.92 Å². The van der Waals surface area contributed by atoms with E-state index in [9.17, 15) is 24.6 Å². The van der Waals surface area contributed by atoms with E-state index in [4.69, 9.17) is 0 Å². The van der Waals surface area contributed by atoms with Gasteiger partial charge in [-0.1, -0.05) is 0 Å². The summed E-state index contributed by atoms with van der Waals surface area (Å²) in [4.78, 5) is 35.9. The molecule has 0 spiro atoms. The van der Waals surface area contributed by atoms with Crippen molar-refractivity contribution in [3.63, 3.8) is 0 Å². The number of carbonyl (C=O) groups excluding carboxylic acids is 2. The van der Waals surface area contributed by atoms with Crippen molar-refractivity contribution in [2.45, 2.75) is 35.4 Å². The summed E-state index contributed by atoms with van der Waals surface area (Å²) >= 11 is 2.77. The van der Waals surface area contributed by atoms with Crippen molar-refractivity contribution in [2.75, 3.05) is 12.8 Å². The fraction of sp³-hybridized carbons (Fsp3) is 0.750. The molecule has 5 atom stereocenters. The maximum atomic E-state index is 12.0. The van der Waals surface area contributed by atoms with Gasteiger partial charge in [0.15, 0.2) is 6.04 Å². The number of hydrogen-bond acceptors (Lipinski definition) is 6. The molecule has 7 nitrogen and oxygen atoms in total. The average Bonchev–Trinajstić information content (AvgIpc) is 2.72. The number of carboxylic acid groups (broad SMARTS) is 1. The SMILES string of the molecule is CNC(=O)CCS[C@@H]1S[C@@H]2[C@H](C(C)O)C(=O)N2[C@@H]1C(=O)O. The van der Waals surface area contributed by atoms with E-state index < -0.39 is 24.0 Å². The van der Waals surface area contributed by atoms with E-state index in [1.807, 2.05) is 0 Å². The topological polar surface area (TPSA) is 107 Å². The maximum absolute atomic E-state index is 12.0. The highest BCUT2D eigenvalue weighted by Gasteiger charge is 2.61. The zero-order valence-corrected chi connectivity index (χ0v) is 13.3. The molecule has 0 bridgehead atoms. The van der Waals surface area contributed by atoms with Crippen LogP contribution in [0.4, 0.5) is 0 Å². The summed E-state index contributed by atoms with van der Waals surface area (Å²) in [5.41, 5.74) is 0. The lowest BCUT2D eigenvalue weighted by Crippen LogP contribution is -2.64. The number of carboxylic acids is 1. The molecule has 0 aromatic carbocycles. The molecule has 0 saturated carbocycles. The normalized spacial score (nSPS) is 32.3. The van der Waals surface area contributed by atoms with Gasteiger partial charge < -0.3 is 20.4 Å². The van der Waals surface area contributed by atoms with Crippen LogP contribution < -0.4 is 5.32 Å². The van der Waals surface area contributed by atoms with E-state index in [-0.39, 0.29) is 21.8 Å². The van der Waals surface area contributed by atoms with Gasteiger partial charge in [-0.3, -0.25) is 9.59 Å². The minimum atomic E-state index is -1.04. The summed E-state index contributed by atoms with van der Waals surface area (Å²) in [5, 5.41) is 21.2. The van der Waals surface area contributed by atoms with Gasteiger partial charge in [0.2, 0.25) is 11.8 Å². The molecule has 2 aliphatic rings. The Kier molecular flexibility index (Phi) is 5.05. The third-order valence-corrected chi connectivity index (χ3v) is 6.71. The third-order valence-electron chi connectivity index (χ3n) is 3.61.